The van der Waals surface area contributed by atoms with Crippen LogP contribution in [0.25, 0.3) is 0 Å². The van der Waals surface area contributed by atoms with Gasteiger partial charge in [-0.1, -0.05) is 25.6 Å². The molecular weight excluding hydrogens is 214 g/mol. The van der Waals surface area contributed by atoms with Crippen LogP contribution < -0.4 is 11.1 Å². The van der Waals surface area contributed by atoms with Gasteiger partial charge in [0.15, 0.2) is 0 Å². The lowest BCUT2D eigenvalue weighted by Gasteiger charge is -2.11. The monoisotopic (exact) mass is 229 g/mol. The summed E-state index contributed by atoms with van der Waals surface area (Å²) >= 11 is 4.70. The molecule has 84 valence electrons. The van der Waals surface area contributed by atoms with E-state index in [0.29, 0.717) is 17.8 Å². The molecule has 5 nitrogen and oxygen atoms in total. The summed E-state index contributed by atoms with van der Waals surface area (Å²) in [6.45, 7) is 2.25. The van der Waals surface area contributed by atoms with Crippen molar-refractivity contribution in [2.45, 2.75) is 32.2 Å². The smallest absolute Gasteiger partial charge is 0.324 e. The molecule has 15 heavy (non-hydrogen) atoms. The molecule has 0 aromatic carbocycles. The molecule has 1 saturated heterocycles. The van der Waals surface area contributed by atoms with Gasteiger partial charge in [0.2, 0.25) is 0 Å². The van der Waals surface area contributed by atoms with Gasteiger partial charge in [-0.25, -0.2) is 4.79 Å². The first-order chi connectivity index (χ1) is 7.06. The average Bonchev–Trinajstić information content (AvgIpc) is 2.40. The predicted octanol–water partition coefficient (Wildman–Crippen LogP) is 0.383. The second-order valence-corrected chi connectivity index (χ2v) is 4.02. The fourth-order valence-corrected chi connectivity index (χ4v) is 1.59. The highest BCUT2D eigenvalue weighted by molar-refractivity contribution is 7.80. The summed E-state index contributed by atoms with van der Waals surface area (Å²) in [6, 6.07) is -0.705. The normalized spacial score (nSPS) is 20.6. The molecule has 6 heteroatoms. The number of rotatable bonds is 5. The second kappa shape index (κ2) is 5.06. The van der Waals surface area contributed by atoms with Gasteiger partial charge >= 0.3 is 6.03 Å². The van der Waals surface area contributed by atoms with Crippen molar-refractivity contribution in [3.63, 3.8) is 0 Å². The molecule has 0 spiro atoms. The Morgan fingerprint density at radius 1 is 1.60 bits per heavy atom. The van der Waals surface area contributed by atoms with E-state index in [4.69, 9.17) is 18.0 Å². The SMILES string of the molecule is CCCC1NC(=O)N(CCC(N)=S)C1=O. The van der Waals surface area contributed by atoms with Crippen molar-refractivity contribution in [1.82, 2.24) is 10.2 Å². The third kappa shape index (κ3) is 2.89. The van der Waals surface area contributed by atoms with Crippen molar-refractivity contribution < 1.29 is 9.59 Å². The van der Waals surface area contributed by atoms with Gasteiger partial charge in [0.25, 0.3) is 5.91 Å². The number of hydrogen-bond acceptors (Lipinski definition) is 3. The molecule has 3 amide bonds. The maximum absolute atomic E-state index is 11.7. The van der Waals surface area contributed by atoms with Gasteiger partial charge in [0.05, 0.1) is 4.99 Å². The van der Waals surface area contributed by atoms with E-state index in [-0.39, 0.29) is 24.5 Å². The van der Waals surface area contributed by atoms with Crippen LogP contribution in [-0.4, -0.2) is 34.4 Å². The average molecular weight is 229 g/mol. The molecule has 1 fully saturated rings. The third-order valence-electron chi connectivity index (χ3n) is 2.27. The van der Waals surface area contributed by atoms with E-state index < -0.39 is 0 Å². The minimum Gasteiger partial charge on any atom is -0.393 e. The van der Waals surface area contributed by atoms with Gasteiger partial charge in [-0.15, -0.1) is 0 Å². The summed E-state index contributed by atoms with van der Waals surface area (Å²) in [5.74, 6) is -0.168. The molecule has 1 rings (SSSR count). The van der Waals surface area contributed by atoms with Crippen LogP contribution in [0.1, 0.15) is 26.2 Å². The maximum atomic E-state index is 11.7. The molecule has 1 atom stereocenters. The lowest BCUT2D eigenvalue weighted by atomic mass is 10.2. The number of amides is 3. The van der Waals surface area contributed by atoms with E-state index in [1.807, 2.05) is 6.92 Å². The summed E-state index contributed by atoms with van der Waals surface area (Å²) in [6.07, 6.45) is 1.92. The molecule has 0 aromatic heterocycles. The summed E-state index contributed by atoms with van der Waals surface area (Å²) in [7, 11) is 0. The zero-order valence-electron chi connectivity index (χ0n) is 8.66. The van der Waals surface area contributed by atoms with E-state index in [9.17, 15) is 9.59 Å². The molecule has 1 aliphatic rings. The predicted molar refractivity (Wildman–Crippen MR) is 60.3 cm³/mol. The largest absolute Gasteiger partial charge is 0.393 e. The summed E-state index contributed by atoms with van der Waals surface area (Å²) in [4.78, 5) is 24.6. The maximum Gasteiger partial charge on any atom is 0.324 e. The molecule has 3 N–H and O–H groups in total. The minimum atomic E-state index is -0.367. The fraction of sp³-hybridized carbons (Fsp3) is 0.667. The van der Waals surface area contributed by atoms with E-state index in [2.05, 4.69) is 5.32 Å². The van der Waals surface area contributed by atoms with E-state index in [1.54, 1.807) is 0 Å². The van der Waals surface area contributed by atoms with Crippen molar-refractivity contribution in [1.29, 1.82) is 0 Å². The van der Waals surface area contributed by atoms with Crippen LogP contribution in [0.2, 0.25) is 0 Å². The number of thiocarbonyl (C=S) groups is 1. The molecule has 0 aromatic rings. The molecule has 1 unspecified atom stereocenters. The standard InChI is InChI=1S/C9H15N3O2S/c1-2-3-6-8(13)12(9(14)11-6)5-4-7(10)15/h6H,2-5H2,1H3,(H2,10,15)(H,11,14). The lowest BCUT2D eigenvalue weighted by Crippen LogP contribution is -2.34. The van der Waals surface area contributed by atoms with Gasteiger partial charge in [-0.2, -0.15) is 0 Å². The van der Waals surface area contributed by atoms with Crippen LogP contribution in [0.4, 0.5) is 4.79 Å². The Hall–Kier alpha value is -1.17. The van der Waals surface area contributed by atoms with Crippen LogP contribution in [0.15, 0.2) is 0 Å². The van der Waals surface area contributed by atoms with Gasteiger partial charge in [-0.05, 0) is 6.42 Å². The molecule has 1 aliphatic heterocycles. The number of hydrogen-bond donors (Lipinski definition) is 2. The number of urea groups is 1. The molecule has 0 bridgehead atoms. The van der Waals surface area contributed by atoms with Crippen LogP contribution in [0, 0.1) is 0 Å². The van der Waals surface area contributed by atoms with Crippen molar-refractivity contribution in [2.24, 2.45) is 5.73 Å². The highest BCUT2D eigenvalue weighted by atomic mass is 32.1. The minimum absolute atomic E-state index is 0.168. The third-order valence-corrected chi connectivity index (χ3v) is 2.47. The second-order valence-electron chi connectivity index (χ2n) is 3.50. The highest BCUT2D eigenvalue weighted by Gasteiger charge is 2.36. The summed E-state index contributed by atoms with van der Waals surface area (Å²) in [5.41, 5.74) is 5.32. The number of carbonyl (C=O) groups excluding carboxylic acids is 2. The van der Waals surface area contributed by atoms with Crippen molar-refractivity contribution in [2.75, 3.05) is 6.54 Å². The Labute approximate surface area is 94.0 Å². The Balaban J connectivity index is 2.54. The first kappa shape index (κ1) is 11.9. The molecule has 0 saturated carbocycles. The van der Waals surface area contributed by atoms with Crippen LogP contribution >= 0.6 is 12.2 Å². The highest BCUT2D eigenvalue weighted by Crippen LogP contribution is 2.11. The zero-order chi connectivity index (χ0) is 11.4. The zero-order valence-corrected chi connectivity index (χ0v) is 9.47. The molecule has 0 aliphatic carbocycles. The topological polar surface area (TPSA) is 75.4 Å². The Bertz CT molecular complexity index is 293. The number of nitrogens with one attached hydrogen (secondary N) is 1. The van der Waals surface area contributed by atoms with E-state index in [1.165, 1.54) is 4.90 Å². The Kier molecular flexibility index (Phi) is 4.02. The van der Waals surface area contributed by atoms with Crippen molar-refractivity contribution in [3.8, 4) is 0 Å². The first-order valence-electron chi connectivity index (χ1n) is 4.96. The molecule has 0 radical (unpaired) electrons. The number of nitrogens with zero attached hydrogens (tertiary/aromatic N) is 1. The van der Waals surface area contributed by atoms with E-state index in [0.717, 1.165) is 6.42 Å². The Morgan fingerprint density at radius 2 is 2.27 bits per heavy atom. The number of imide groups is 1. The molecule has 1 heterocycles. The lowest BCUT2D eigenvalue weighted by molar-refractivity contribution is -0.127. The number of carbonyl (C=O) groups is 2. The van der Waals surface area contributed by atoms with Crippen molar-refractivity contribution >= 4 is 29.1 Å². The van der Waals surface area contributed by atoms with Crippen molar-refractivity contribution in [3.05, 3.63) is 0 Å². The van der Waals surface area contributed by atoms with Gasteiger partial charge < -0.3 is 11.1 Å². The van der Waals surface area contributed by atoms with Crippen LogP contribution in [0.3, 0.4) is 0 Å². The summed E-state index contributed by atoms with van der Waals surface area (Å²) < 4.78 is 0. The Morgan fingerprint density at radius 3 is 2.80 bits per heavy atom. The number of nitrogens with two attached hydrogens (primary N) is 1. The van der Waals surface area contributed by atoms with Crippen LogP contribution in [0.5, 0.6) is 0 Å². The summed E-state index contributed by atoms with van der Waals surface area (Å²) in [5, 5.41) is 2.63. The first-order valence-corrected chi connectivity index (χ1v) is 5.37. The quantitative estimate of drug-likeness (QED) is 0.528. The van der Waals surface area contributed by atoms with Gasteiger partial charge in [-0.3, -0.25) is 9.69 Å². The van der Waals surface area contributed by atoms with Crippen LogP contribution in [-0.2, 0) is 4.79 Å². The van der Waals surface area contributed by atoms with E-state index >= 15 is 0 Å². The van der Waals surface area contributed by atoms with Gasteiger partial charge in [0.1, 0.15) is 6.04 Å². The molecular formula is C9H15N3O2S. The fourth-order valence-electron chi connectivity index (χ4n) is 1.49. The van der Waals surface area contributed by atoms with Gasteiger partial charge in [0, 0.05) is 13.0 Å².